The number of thiophene rings is 1. The summed E-state index contributed by atoms with van der Waals surface area (Å²) in [5.74, 6) is -0.0863. The second-order valence-electron chi connectivity index (χ2n) is 6.22. The van der Waals surface area contributed by atoms with E-state index in [1.165, 1.54) is 18.4 Å². The predicted molar refractivity (Wildman–Crippen MR) is 113 cm³/mol. The molecule has 0 aliphatic carbocycles. The zero-order chi connectivity index (χ0) is 19.4. The fourth-order valence-electron chi connectivity index (χ4n) is 3.00. The van der Waals surface area contributed by atoms with E-state index in [4.69, 9.17) is 17.0 Å². The number of methoxy groups -OCH3 is 1. The van der Waals surface area contributed by atoms with Gasteiger partial charge in [0.15, 0.2) is 5.11 Å². The first-order valence-corrected chi connectivity index (χ1v) is 10.0. The highest BCUT2D eigenvalue weighted by atomic mass is 32.1. The number of ether oxygens (including phenoxy) is 1. The number of aromatic hydroxyl groups is 1. The van der Waals surface area contributed by atoms with Gasteiger partial charge in [-0.3, -0.25) is 0 Å². The Labute approximate surface area is 168 Å². The van der Waals surface area contributed by atoms with Crippen molar-refractivity contribution in [1.82, 2.24) is 4.90 Å². The van der Waals surface area contributed by atoms with Gasteiger partial charge in [0, 0.05) is 42.8 Å². The molecule has 0 saturated carbocycles. The van der Waals surface area contributed by atoms with E-state index < -0.39 is 0 Å². The van der Waals surface area contributed by atoms with Crippen LogP contribution in [0.25, 0.3) is 0 Å². The number of carbonyl (C=O) groups is 1. The number of phenolic OH excluding ortho intramolecular Hbond substituents is 1. The fraction of sp³-hybridized carbons (Fsp3) is 0.368. The Morgan fingerprint density at radius 1 is 1.30 bits per heavy atom. The zero-order valence-electron chi connectivity index (χ0n) is 15.4. The molecule has 0 amide bonds. The van der Waals surface area contributed by atoms with Crippen LogP contribution in [-0.4, -0.2) is 54.4 Å². The van der Waals surface area contributed by atoms with E-state index in [-0.39, 0.29) is 11.7 Å². The van der Waals surface area contributed by atoms with Crippen molar-refractivity contribution in [3.8, 4) is 5.75 Å². The molecule has 0 bridgehead atoms. The first kappa shape index (κ1) is 19.4. The van der Waals surface area contributed by atoms with Crippen LogP contribution < -0.4 is 10.2 Å². The number of anilines is 2. The van der Waals surface area contributed by atoms with E-state index >= 15 is 0 Å². The van der Waals surface area contributed by atoms with Gasteiger partial charge in [-0.25, -0.2) is 4.79 Å². The van der Waals surface area contributed by atoms with Gasteiger partial charge in [-0.1, -0.05) is 13.0 Å². The van der Waals surface area contributed by atoms with Gasteiger partial charge in [0.2, 0.25) is 0 Å². The van der Waals surface area contributed by atoms with Gasteiger partial charge in [0.05, 0.1) is 12.7 Å². The van der Waals surface area contributed by atoms with E-state index in [0.29, 0.717) is 10.7 Å². The second-order valence-corrected chi connectivity index (χ2v) is 7.75. The molecule has 1 saturated heterocycles. The van der Waals surface area contributed by atoms with Crippen molar-refractivity contribution >= 4 is 45.3 Å². The Morgan fingerprint density at radius 3 is 2.67 bits per heavy atom. The average molecular weight is 406 g/mol. The zero-order valence-corrected chi connectivity index (χ0v) is 17.0. The predicted octanol–water partition coefficient (Wildman–Crippen LogP) is 3.32. The van der Waals surface area contributed by atoms with Crippen molar-refractivity contribution in [1.29, 1.82) is 0 Å². The Morgan fingerprint density at radius 2 is 2.04 bits per heavy atom. The lowest BCUT2D eigenvalue weighted by atomic mass is 10.2. The lowest BCUT2D eigenvalue weighted by molar-refractivity contribution is 0.0602. The molecule has 6 nitrogen and oxygen atoms in total. The van der Waals surface area contributed by atoms with E-state index in [9.17, 15) is 9.90 Å². The summed E-state index contributed by atoms with van der Waals surface area (Å²) in [6, 6.07) is 9.14. The minimum Gasteiger partial charge on any atom is -0.508 e. The number of carbonyl (C=O) groups excluding carboxylic acids is 1. The van der Waals surface area contributed by atoms with Gasteiger partial charge < -0.3 is 25.0 Å². The normalized spacial score (nSPS) is 14.1. The van der Waals surface area contributed by atoms with Gasteiger partial charge in [0.1, 0.15) is 10.8 Å². The number of esters is 1. The standard InChI is InChI=1S/C19H23N3O3S2/c1-3-15-12-16(18(24)25-2)17(27-15)20-19(26)22-9-7-21(8-10-22)13-5-4-6-14(23)11-13/h4-6,11-12,23H,3,7-10H2,1-2H3,(H,20,26). The summed E-state index contributed by atoms with van der Waals surface area (Å²) in [6.07, 6.45) is 0.853. The monoisotopic (exact) mass is 405 g/mol. The Kier molecular flexibility index (Phi) is 6.18. The lowest BCUT2D eigenvalue weighted by Crippen LogP contribution is -2.50. The minimum absolute atomic E-state index is 0.270. The van der Waals surface area contributed by atoms with Crippen molar-refractivity contribution in [2.24, 2.45) is 0 Å². The Bertz CT molecular complexity index is 829. The maximum atomic E-state index is 12.0. The van der Waals surface area contributed by atoms with Crippen LogP contribution in [0.15, 0.2) is 30.3 Å². The molecule has 2 N–H and O–H groups in total. The molecule has 2 aromatic rings. The number of hydrogen-bond donors (Lipinski definition) is 2. The number of nitrogens with one attached hydrogen (secondary N) is 1. The molecule has 1 aromatic heterocycles. The van der Waals surface area contributed by atoms with Crippen molar-refractivity contribution in [2.75, 3.05) is 43.5 Å². The molecular weight excluding hydrogens is 382 g/mol. The summed E-state index contributed by atoms with van der Waals surface area (Å²) in [5.41, 5.74) is 1.53. The molecule has 3 rings (SSSR count). The van der Waals surface area contributed by atoms with Crippen LogP contribution in [-0.2, 0) is 11.2 Å². The van der Waals surface area contributed by atoms with Crippen LogP contribution >= 0.6 is 23.6 Å². The SMILES string of the molecule is CCc1cc(C(=O)OC)c(NC(=S)N2CCN(c3cccc(O)c3)CC2)s1. The van der Waals surface area contributed by atoms with Crippen molar-refractivity contribution in [3.63, 3.8) is 0 Å². The van der Waals surface area contributed by atoms with Crippen LogP contribution in [0.1, 0.15) is 22.2 Å². The number of aryl methyl sites for hydroxylation is 1. The van der Waals surface area contributed by atoms with E-state index in [1.807, 2.05) is 18.2 Å². The lowest BCUT2D eigenvalue weighted by Gasteiger charge is -2.37. The quantitative estimate of drug-likeness (QED) is 0.597. The van der Waals surface area contributed by atoms with E-state index in [0.717, 1.165) is 48.2 Å². The summed E-state index contributed by atoms with van der Waals surface area (Å²) in [7, 11) is 1.38. The average Bonchev–Trinajstić information content (AvgIpc) is 3.10. The molecule has 0 spiro atoms. The number of nitrogens with zero attached hydrogens (tertiary/aromatic N) is 2. The number of rotatable bonds is 4. The largest absolute Gasteiger partial charge is 0.508 e. The molecule has 2 heterocycles. The third-order valence-electron chi connectivity index (χ3n) is 4.52. The van der Waals surface area contributed by atoms with Crippen LogP contribution in [0.3, 0.4) is 0 Å². The number of phenols is 1. The highest BCUT2D eigenvalue weighted by Gasteiger charge is 2.22. The van der Waals surface area contributed by atoms with Gasteiger partial charge >= 0.3 is 5.97 Å². The summed E-state index contributed by atoms with van der Waals surface area (Å²) in [4.78, 5) is 17.4. The van der Waals surface area contributed by atoms with Crippen molar-refractivity contribution in [3.05, 3.63) is 40.8 Å². The number of benzene rings is 1. The molecule has 144 valence electrons. The van der Waals surface area contributed by atoms with Crippen LogP contribution in [0.4, 0.5) is 10.7 Å². The second kappa shape index (κ2) is 8.58. The summed E-state index contributed by atoms with van der Waals surface area (Å²) < 4.78 is 4.88. The molecule has 1 fully saturated rings. The third-order valence-corrected chi connectivity index (χ3v) is 6.07. The van der Waals surface area contributed by atoms with Crippen LogP contribution in [0.5, 0.6) is 5.75 Å². The Balaban J connectivity index is 1.63. The Hall–Kier alpha value is -2.32. The van der Waals surface area contributed by atoms with E-state index in [2.05, 4.69) is 22.0 Å². The first-order valence-electron chi connectivity index (χ1n) is 8.82. The van der Waals surface area contributed by atoms with Gasteiger partial charge in [0.25, 0.3) is 0 Å². The molecule has 27 heavy (non-hydrogen) atoms. The summed E-state index contributed by atoms with van der Waals surface area (Å²) in [6.45, 7) is 5.19. The highest BCUT2D eigenvalue weighted by molar-refractivity contribution is 7.80. The molecule has 1 aliphatic heterocycles. The van der Waals surface area contributed by atoms with Crippen LogP contribution in [0.2, 0.25) is 0 Å². The highest BCUT2D eigenvalue weighted by Crippen LogP contribution is 2.30. The molecule has 0 atom stereocenters. The molecule has 1 aromatic carbocycles. The number of thiocarbonyl (C=S) groups is 1. The van der Waals surface area contributed by atoms with Gasteiger partial charge in [-0.15, -0.1) is 11.3 Å². The number of piperazine rings is 1. The third kappa shape index (κ3) is 4.51. The number of hydrogen-bond acceptors (Lipinski definition) is 6. The molecule has 1 aliphatic rings. The van der Waals surface area contributed by atoms with Crippen molar-refractivity contribution in [2.45, 2.75) is 13.3 Å². The fourth-order valence-corrected chi connectivity index (χ4v) is 4.34. The summed E-state index contributed by atoms with van der Waals surface area (Å²) in [5, 5.41) is 14.2. The van der Waals surface area contributed by atoms with Gasteiger partial charge in [-0.05, 0) is 36.8 Å². The van der Waals surface area contributed by atoms with Gasteiger partial charge in [-0.2, -0.15) is 0 Å². The molecule has 0 unspecified atom stereocenters. The molecule has 8 heteroatoms. The maximum absolute atomic E-state index is 12.0. The topological polar surface area (TPSA) is 65.0 Å². The smallest absolute Gasteiger partial charge is 0.340 e. The van der Waals surface area contributed by atoms with E-state index in [1.54, 1.807) is 12.1 Å². The summed E-state index contributed by atoms with van der Waals surface area (Å²) >= 11 is 7.10. The molecule has 0 radical (unpaired) electrons. The first-order chi connectivity index (χ1) is 13.0. The molecular formula is C19H23N3O3S2. The minimum atomic E-state index is -0.357. The van der Waals surface area contributed by atoms with Crippen LogP contribution in [0, 0.1) is 0 Å². The van der Waals surface area contributed by atoms with Crippen molar-refractivity contribution < 1.29 is 14.6 Å². The maximum Gasteiger partial charge on any atom is 0.340 e.